The van der Waals surface area contributed by atoms with Crippen LogP contribution in [0.4, 0.5) is 0 Å². The van der Waals surface area contributed by atoms with Crippen LogP contribution in [0.15, 0.2) is 33.9 Å². The molecule has 0 fully saturated rings. The maximum Gasteiger partial charge on any atom is 0.329 e. The zero-order valence-electron chi connectivity index (χ0n) is 11.0. The van der Waals surface area contributed by atoms with E-state index >= 15 is 0 Å². The van der Waals surface area contributed by atoms with Crippen molar-refractivity contribution in [3.8, 4) is 0 Å². The first-order valence-corrected chi connectivity index (χ1v) is 5.88. The minimum Gasteiger partial charge on any atom is -0.347 e. The van der Waals surface area contributed by atoms with Crippen molar-refractivity contribution < 1.29 is 4.79 Å². The van der Waals surface area contributed by atoms with Crippen molar-refractivity contribution in [3.05, 3.63) is 45.1 Å². The molecule has 1 heterocycles. The van der Waals surface area contributed by atoms with E-state index in [9.17, 15) is 14.4 Å². The summed E-state index contributed by atoms with van der Waals surface area (Å²) in [6.07, 6.45) is 0. The van der Waals surface area contributed by atoms with Crippen LogP contribution < -0.4 is 11.2 Å². The molecule has 0 aliphatic heterocycles. The van der Waals surface area contributed by atoms with Crippen LogP contribution in [-0.2, 0) is 4.79 Å². The summed E-state index contributed by atoms with van der Waals surface area (Å²) in [6.45, 7) is 1.54. The fourth-order valence-electron chi connectivity index (χ4n) is 2.01. The Morgan fingerprint density at radius 1 is 1.26 bits per heavy atom. The molecule has 1 aromatic carbocycles. The standard InChI is InChI=1S/C13H15N3O3/c1-8(11(17)15(2)3)16-12(18)9-6-4-5-7-10(9)14-13(16)19/h4-8H,1-3H3,(H,14,19). The first-order chi connectivity index (χ1) is 8.93. The molecule has 0 aliphatic carbocycles. The number of H-pyrrole nitrogens is 1. The van der Waals surface area contributed by atoms with Gasteiger partial charge >= 0.3 is 5.69 Å². The second-order valence-corrected chi connectivity index (χ2v) is 4.56. The highest BCUT2D eigenvalue weighted by Gasteiger charge is 2.21. The van der Waals surface area contributed by atoms with E-state index in [2.05, 4.69) is 4.98 Å². The summed E-state index contributed by atoms with van der Waals surface area (Å²) in [5.74, 6) is -0.303. The lowest BCUT2D eigenvalue weighted by atomic mass is 10.2. The summed E-state index contributed by atoms with van der Waals surface area (Å²) in [5, 5.41) is 0.389. The quantitative estimate of drug-likeness (QED) is 0.847. The van der Waals surface area contributed by atoms with Crippen LogP contribution in [0.1, 0.15) is 13.0 Å². The zero-order valence-corrected chi connectivity index (χ0v) is 11.0. The van der Waals surface area contributed by atoms with Gasteiger partial charge in [-0.2, -0.15) is 0 Å². The first kappa shape index (κ1) is 13.1. The van der Waals surface area contributed by atoms with Gasteiger partial charge in [-0.25, -0.2) is 9.36 Å². The monoisotopic (exact) mass is 261 g/mol. The Kier molecular flexibility index (Phi) is 3.25. The van der Waals surface area contributed by atoms with Crippen molar-refractivity contribution in [1.82, 2.24) is 14.5 Å². The number of amides is 1. The van der Waals surface area contributed by atoms with Crippen molar-refractivity contribution in [2.75, 3.05) is 14.1 Å². The molecule has 100 valence electrons. The Hall–Kier alpha value is -2.37. The maximum atomic E-state index is 12.3. The minimum absolute atomic E-state index is 0.303. The number of benzene rings is 1. The van der Waals surface area contributed by atoms with Gasteiger partial charge in [0.25, 0.3) is 5.56 Å². The van der Waals surface area contributed by atoms with Gasteiger partial charge in [-0.05, 0) is 19.1 Å². The van der Waals surface area contributed by atoms with E-state index < -0.39 is 17.3 Å². The Labute approximate surface area is 109 Å². The van der Waals surface area contributed by atoms with Crippen LogP contribution >= 0.6 is 0 Å². The summed E-state index contributed by atoms with van der Waals surface area (Å²) in [7, 11) is 3.16. The Bertz CT molecular complexity index is 743. The van der Waals surface area contributed by atoms with E-state index in [0.717, 1.165) is 4.57 Å². The molecule has 2 rings (SSSR count). The Morgan fingerprint density at radius 2 is 1.89 bits per heavy atom. The molecule has 0 spiro atoms. The number of nitrogens with one attached hydrogen (secondary N) is 1. The van der Waals surface area contributed by atoms with Crippen LogP contribution in [0, 0.1) is 0 Å². The molecule has 19 heavy (non-hydrogen) atoms. The number of hydrogen-bond acceptors (Lipinski definition) is 3. The molecule has 0 radical (unpaired) electrons. The van der Waals surface area contributed by atoms with Gasteiger partial charge in [0.15, 0.2) is 0 Å². The summed E-state index contributed by atoms with van der Waals surface area (Å²) in [6, 6.07) is 5.88. The predicted octanol–water partition coefficient (Wildman–Crippen LogP) is 0.339. The molecule has 1 unspecified atom stereocenters. The summed E-state index contributed by atoms with van der Waals surface area (Å²) in [4.78, 5) is 40.1. The van der Waals surface area contributed by atoms with Gasteiger partial charge in [0.2, 0.25) is 5.91 Å². The van der Waals surface area contributed by atoms with Gasteiger partial charge < -0.3 is 9.88 Å². The number of hydrogen-bond donors (Lipinski definition) is 1. The van der Waals surface area contributed by atoms with E-state index in [1.165, 1.54) is 11.8 Å². The first-order valence-electron chi connectivity index (χ1n) is 5.88. The summed E-state index contributed by atoms with van der Waals surface area (Å²) >= 11 is 0. The number of rotatable bonds is 2. The number of para-hydroxylation sites is 1. The number of carbonyl (C=O) groups excluding carboxylic acids is 1. The van der Waals surface area contributed by atoms with Crippen LogP contribution in [0.3, 0.4) is 0 Å². The molecular formula is C13H15N3O3. The third-order valence-electron chi connectivity index (χ3n) is 3.02. The van der Waals surface area contributed by atoms with E-state index in [0.29, 0.717) is 10.9 Å². The average Bonchev–Trinajstić information content (AvgIpc) is 2.37. The molecule has 1 N–H and O–H groups in total. The molecule has 6 nitrogen and oxygen atoms in total. The van der Waals surface area contributed by atoms with E-state index in [-0.39, 0.29) is 5.91 Å². The largest absolute Gasteiger partial charge is 0.347 e. The van der Waals surface area contributed by atoms with Crippen molar-refractivity contribution in [1.29, 1.82) is 0 Å². The third kappa shape index (κ3) is 2.16. The lowest BCUT2D eigenvalue weighted by molar-refractivity contribution is -0.131. The van der Waals surface area contributed by atoms with E-state index in [1.807, 2.05) is 0 Å². The number of carbonyl (C=O) groups is 1. The predicted molar refractivity (Wildman–Crippen MR) is 72.2 cm³/mol. The van der Waals surface area contributed by atoms with Gasteiger partial charge in [0.05, 0.1) is 10.9 Å². The van der Waals surface area contributed by atoms with Crippen LogP contribution in [-0.4, -0.2) is 34.5 Å². The molecule has 1 aromatic heterocycles. The van der Waals surface area contributed by atoms with Gasteiger partial charge in [-0.1, -0.05) is 12.1 Å². The van der Waals surface area contributed by atoms with Gasteiger partial charge in [-0.3, -0.25) is 9.59 Å². The highest BCUT2D eigenvalue weighted by atomic mass is 16.2. The lowest BCUT2D eigenvalue weighted by Gasteiger charge is -2.18. The minimum atomic E-state index is -0.837. The third-order valence-corrected chi connectivity index (χ3v) is 3.02. The van der Waals surface area contributed by atoms with Gasteiger partial charge in [0.1, 0.15) is 6.04 Å². The van der Waals surface area contributed by atoms with E-state index in [1.54, 1.807) is 38.4 Å². The molecule has 6 heteroatoms. The maximum absolute atomic E-state index is 12.3. The Morgan fingerprint density at radius 3 is 2.53 bits per heavy atom. The van der Waals surface area contributed by atoms with Crippen LogP contribution in [0.5, 0.6) is 0 Å². The molecule has 2 aromatic rings. The highest BCUT2D eigenvalue weighted by Crippen LogP contribution is 2.07. The highest BCUT2D eigenvalue weighted by molar-refractivity contribution is 5.81. The molecule has 0 bridgehead atoms. The lowest BCUT2D eigenvalue weighted by Crippen LogP contribution is -2.43. The van der Waals surface area contributed by atoms with Gasteiger partial charge in [0, 0.05) is 14.1 Å². The van der Waals surface area contributed by atoms with Crippen molar-refractivity contribution in [2.45, 2.75) is 13.0 Å². The SMILES string of the molecule is CC(C(=O)N(C)C)n1c(=O)[nH]c2ccccc2c1=O. The fraction of sp³-hybridized carbons (Fsp3) is 0.308. The van der Waals surface area contributed by atoms with Crippen LogP contribution in [0.25, 0.3) is 10.9 Å². The molecule has 1 amide bonds. The normalized spacial score (nSPS) is 12.4. The topological polar surface area (TPSA) is 75.2 Å². The molecule has 0 saturated carbocycles. The van der Waals surface area contributed by atoms with Crippen molar-refractivity contribution in [2.24, 2.45) is 0 Å². The number of aromatic amines is 1. The second kappa shape index (κ2) is 4.72. The average molecular weight is 261 g/mol. The Balaban J connectivity index is 2.71. The number of aromatic nitrogens is 2. The molecular weight excluding hydrogens is 246 g/mol. The molecule has 0 aliphatic rings. The van der Waals surface area contributed by atoms with Crippen molar-refractivity contribution >= 4 is 16.8 Å². The number of fused-ring (bicyclic) bond motifs is 1. The smallest absolute Gasteiger partial charge is 0.329 e. The van der Waals surface area contributed by atoms with Gasteiger partial charge in [-0.15, -0.1) is 0 Å². The fourth-order valence-corrected chi connectivity index (χ4v) is 2.01. The van der Waals surface area contributed by atoms with Crippen molar-refractivity contribution in [3.63, 3.8) is 0 Å². The summed E-state index contributed by atoms with van der Waals surface area (Å²) < 4.78 is 0.949. The summed E-state index contributed by atoms with van der Waals surface area (Å²) in [5.41, 5.74) is -0.563. The zero-order chi connectivity index (χ0) is 14.2. The second-order valence-electron chi connectivity index (χ2n) is 4.56. The molecule has 0 saturated heterocycles. The molecule has 1 atom stereocenters. The number of likely N-dealkylation sites (N-methyl/N-ethyl adjacent to an activating group) is 1. The number of nitrogens with zero attached hydrogens (tertiary/aromatic N) is 2. The van der Waals surface area contributed by atoms with E-state index in [4.69, 9.17) is 0 Å². The van der Waals surface area contributed by atoms with Crippen LogP contribution in [0.2, 0.25) is 0 Å².